The van der Waals surface area contributed by atoms with Gasteiger partial charge in [-0.3, -0.25) is 0 Å². The number of methoxy groups -OCH3 is 1. The molecule has 0 aliphatic rings. The summed E-state index contributed by atoms with van der Waals surface area (Å²) in [6.07, 6.45) is 3.53. The number of anilines is 3. The molecule has 0 unspecified atom stereocenters. The summed E-state index contributed by atoms with van der Waals surface area (Å²) in [6.45, 7) is 0.764. The molecule has 134 valence electrons. The topological polar surface area (TPSA) is 72.0 Å². The van der Waals surface area contributed by atoms with Crippen molar-refractivity contribution in [2.24, 2.45) is 0 Å². The van der Waals surface area contributed by atoms with E-state index in [1.54, 1.807) is 31.5 Å². The molecular weight excluding hydrogens is 350 g/mol. The first-order valence-electron chi connectivity index (χ1n) is 8.32. The maximum Gasteiger partial charge on any atom is 0.244 e. The molecule has 0 fully saturated rings. The van der Waals surface area contributed by atoms with Gasteiger partial charge in [0.05, 0.1) is 19.0 Å². The van der Waals surface area contributed by atoms with Crippen molar-refractivity contribution >= 4 is 29.1 Å². The normalized spacial score (nSPS) is 10.4. The van der Waals surface area contributed by atoms with Crippen molar-refractivity contribution in [2.45, 2.75) is 12.8 Å². The lowest BCUT2D eigenvalue weighted by atomic mass is 10.1. The monoisotopic (exact) mass is 369 g/mol. The standard InChI is InChI=1S/C19H20ClN5O/c1-26-17-10-9-15(20)12-16(17)23-18-13-22-25-19(24-18)21-11-5-8-14-6-3-2-4-7-14/h2-4,6-7,9-10,12-13H,5,8,11H2,1H3,(H2,21,23,24,25). The van der Waals surface area contributed by atoms with Gasteiger partial charge in [-0.25, -0.2) is 0 Å². The fourth-order valence-corrected chi connectivity index (χ4v) is 2.66. The Balaban J connectivity index is 1.57. The Morgan fingerprint density at radius 2 is 1.96 bits per heavy atom. The molecule has 1 heterocycles. The molecule has 0 aliphatic heterocycles. The first kappa shape index (κ1) is 17.9. The Kier molecular flexibility index (Phi) is 6.22. The highest BCUT2D eigenvalue weighted by Gasteiger charge is 2.07. The minimum atomic E-state index is 0.476. The van der Waals surface area contributed by atoms with Gasteiger partial charge < -0.3 is 15.4 Å². The van der Waals surface area contributed by atoms with Crippen LogP contribution >= 0.6 is 11.6 Å². The average Bonchev–Trinajstić information content (AvgIpc) is 2.67. The third-order valence-electron chi connectivity index (χ3n) is 3.75. The average molecular weight is 370 g/mol. The Bertz CT molecular complexity index is 844. The predicted molar refractivity (Wildman–Crippen MR) is 104 cm³/mol. The maximum absolute atomic E-state index is 6.05. The SMILES string of the molecule is COc1ccc(Cl)cc1Nc1cnnc(NCCCc2ccccc2)n1. The van der Waals surface area contributed by atoms with Gasteiger partial charge in [0.2, 0.25) is 5.95 Å². The molecule has 6 nitrogen and oxygen atoms in total. The number of hydrogen-bond acceptors (Lipinski definition) is 6. The summed E-state index contributed by atoms with van der Waals surface area (Å²) in [6, 6.07) is 15.7. The first-order valence-corrected chi connectivity index (χ1v) is 8.70. The van der Waals surface area contributed by atoms with Crippen LogP contribution in [0.1, 0.15) is 12.0 Å². The molecule has 0 amide bonds. The molecule has 3 rings (SSSR count). The van der Waals surface area contributed by atoms with Crippen LogP contribution in [-0.4, -0.2) is 28.8 Å². The van der Waals surface area contributed by atoms with Crippen molar-refractivity contribution in [2.75, 3.05) is 24.3 Å². The van der Waals surface area contributed by atoms with Crippen LogP contribution < -0.4 is 15.4 Å². The minimum Gasteiger partial charge on any atom is -0.495 e. The predicted octanol–water partition coefficient (Wildman–Crippen LogP) is 4.32. The number of ether oxygens (including phenoxy) is 1. The third-order valence-corrected chi connectivity index (χ3v) is 3.99. The lowest BCUT2D eigenvalue weighted by Gasteiger charge is -2.11. The van der Waals surface area contributed by atoms with Crippen molar-refractivity contribution < 1.29 is 4.74 Å². The highest BCUT2D eigenvalue weighted by molar-refractivity contribution is 6.31. The molecule has 0 saturated carbocycles. The van der Waals surface area contributed by atoms with E-state index in [0.717, 1.165) is 25.1 Å². The Morgan fingerprint density at radius 1 is 1.12 bits per heavy atom. The third kappa shape index (κ3) is 5.07. The molecule has 0 bridgehead atoms. The van der Waals surface area contributed by atoms with E-state index in [4.69, 9.17) is 16.3 Å². The van der Waals surface area contributed by atoms with Gasteiger partial charge in [0.15, 0.2) is 5.82 Å². The van der Waals surface area contributed by atoms with Crippen molar-refractivity contribution in [1.29, 1.82) is 0 Å². The highest BCUT2D eigenvalue weighted by Crippen LogP contribution is 2.29. The first-order chi connectivity index (χ1) is 12.7. The molecule has 1 aromatic heterocycles. The molecule has 2 aromatic carbocycles. The number of nitrogens with zero attached hydrogens (tertiary/aromatic N) is 3. The lowest BCUT2D eigenvalue weighted by molar-refractivity contribution is 0.417. The summed E-state index contributed by atoms with van der Waals surface area (Å²) in [5.41, 5.74) is 2.03. The Labute approximate surface area is 157 Å². The zero-order valence-electron chi connectivity index (χ0n) is 14.4. The van der Waals surface area contributed by atoms with Gasteiger partial charge in [-0.1, -0.05) is 41.9 Å². The summed E-state index contributed by atoms with van der Waals surface area (Å²) in [5.74, 6) is 1.71. The number of aryl methyl sites for hydroxylation is 1. The van der Waals surface area contributed by atoms with Crippen molar-refractivity contribution in [1.82, 2.24) is 15.2 Å². The molecule has 0 atom stereocenters. The molecule has 7 heteroatoms. The second kappa shape index (κ2) is 9.01. The van der Waals surface area contributed by atoms with Crippen LogP contribution in [0.5, 0.6) is 5.75 Å². The van der Waals surface area contributed by atoms with Crippen LogP contribution in [0.4, 0.5) is 17.5 Å². The van der Waals surface area contributed by atoms with Crippen LogP contribution in [0.15, 0.2) is 54.7 Å². The van der Waals surface area contributed by atoms with Crippen LogP contribution in [-0.2, 0) is 6.42 Å². The van der Waals surface area contributed by atoms with Gasteiger partial charge >= 0.3 is 0 Å². The van der Waals surface area contributed by atoms with Gasteiger partial charge in [0.25, 0.3) is 0 Å². The molecule has 2 N–H and O–H groups in total. The lowest BCUT2D eigenvalue weighted by Crippen LogP contribution is -2.08. The van der Waals surface area contributed by atoms with Gasteiger partial charge in [-0.2, -0.15) is 10.1 Å². The van der Waals surface area contributed by atoms with Crippen molar-refractivity contribution in [3.63, 3.8) is 0 Å². The van der Waals surface area contributed by atoms with E-state index >= 15 is 0 Å². The summed E-state index contributed by atoms with van der Waals surface area (Å²) < 4.78 is 5.32. The smallest absolute Gasteiger partial charge is 0.244 e. The largest absolute Gasteiger partial charge is 0.495 e. The summed E-state index contributed by atoms with van der Waals surface area (Å²) >= 11 is 6.05. The molecule has 3 aromatic rings. The number of halogens is 1. The second-order valence-corrected chi connectivity index (χ2v) is 6.09. The number of hydrogen-bond donors (Lipinski definition) is 2. The van der Waals surface area contributed by atoms with Crippen molar-refractivity contribution in [3.05, 3.63) is 65.3 Å². The van der Waals surface area contributed by atoms with E-state index in [1.807, 2.05) is 6.07 Å². The number of nitrogens with one attached hydrogen (secondary N) is 2. The molecule has 0 radical (unpaired) electrons. The highest BCUT2D eigenvalue weighted by atomic mass is 35.5. The number of rotatable bonds is 8. The van der Waals surface area contributed by atoms with E-state index in [2.05, 4.69) is 50.1 Å². The number of aromatic nitrogens is 3. The molecule has 26 heavy (non-hydrogen) atoms. The van der Waals surface area contributed by atoms with Crippen molar-refractivity contribution in [3.8, 4) is 5.75 Å². The van der Waals surface area contributed by atoms with E-state index < -0.39 is 0 Å². The van der Waals surface area contributed by atoms with E-state index in [9.17, 15) is 0 Å². The van der Waals surface area contributed by atoms with E-state index in [-0.39, 0.29) is 0 Å². The van der Waals surface area contributed by atoms with Crippen LogP contribution in [0.2, 0.25) is 5.02 Å². The van der Waals surface area contributed by atoms with Crippen LogP contribution in [0.3, 0.4) is 0 Å². The van der Waals surface area contributed by atoms with E-state index in [0.29, 0.717) is 22.5 Å². The zero-order valence-corrected chi connectivity index (χ0v) is 15.2. The maximum atomic E-state index is 6.05. The molecular formula is C19H20ClN5O. The molecule has 0 aliphatic carbocycles. The summed E-state index contributed by atoms with van der Waals surface area (Å²) in [5, 5.41) is 15.0. The molecule has 0 saturated heterocycles. The van der Waals surface area contributed by atoms with Gasteiger partial charge in [-0.05, 0) is 36.6 Å². The van der Waals surface area contributed by atoms with E-state index in [1.165, 1.54) is 5.56 Å². The summed E-state index contributed by atoms with van der Waals surface area (Å²) in [7, 11) is 1.60. The fourth-order valence-electron chi connectivity index (χ4n) is 2.49. The fraction of sp³-hybridized carbons (Fsp3) is 0.211. The van der Waals surface area contributed by atoms with Gasteiger partial charge in [0.1, 0.15) is 5.75 Å². The van der Waals surface area contributed by atoms with Gasteiger partial charge in [0, 0.05) is 11.6 Å². The van der Waals surface area contributed by atoms with Gasteiger partial charge in [-0.15, -0.1) is 5.10 Å². The Hall–Kier alpha value is -2.86. The minimum absolute atomic E-state index is 0.476. The summed E-state index contributed by atoms with van der Waals surface area (Å²) in [4.78, 5) is 4.42. The Morgan fingerprint density at radius 3 is 2.77 bits per heavy atom. The van der Waals surface area contributed by atoms with Crippen LogP contribution in [0, 0.1) is 0 Å². The second-order valence-electron chi connectivity index (χ2n) is 5.65. The number of benzene rings is 2. The molecule has 0 spiro atoms. The quantitative estimate of drug-likeness (QED) is 0.576. The van der Waals surface area contributed by atoms with Crippen LogP contribution in [0.25, 0.3) is 0 Å². The zero-order chi connectivity index (χ0) is 18.2.